The van der Waals surface area contributed by atoms with Crippen LogP contribution in [0.3, 0.4) is 0 Å². The summed E-state index contributed by atoms with van der Waals surface area (Å²) < 4.78 is 28.4. The minimum atomic E-state index is -3.86. The lowest BCUT2D eigenvalue weighted by atomic mass is 10.1. The first-order valence-corrected chi connectivity index (χ1v) is 11.9. The minimum absolute atomic E-state index is 0.136. The van der Waals surface area contributed by atoms with Gasteiger partial charge in [0.25, 0.3) is 15.9 Å². The third kappa shape index (κ3) is 5.45. The van der Waals surface area contributed by atoms with Gasteiger partial charge in [-0.15, -0.1) is 0 Å². The van der Waals surface area contributed by atoms with E-state index in [0.717, 1.165) is 11.3 Å². The molecule has 7 heteroatoms. The summed E-state index contributed by atoms with van der Waals surface area (Å²) in [4.78, 5) is 17.2. The molecule has 0 fully saturated rings. The molecule has 0 aliphatic rings. The van der Waals surface area contributed by atoms with Crippen molar-refractivity contribution < 1.29 is 13.2 Å². The van der Waals surface area contributed by atoms with Gasteiger partial charge < -0.3 is 5.32 Å². The lowest BCUT2D eigenvalue weighted by Crippen LogP contribution is -2.31. The number of hydrogen-bond acceptors (Lipinski definition) is 4. The number of hydrogen-bond donors (Lipinski definition) is 1. The molecule has 1 aromatic heterocycles. The standard InChI is InChI=1S/C26H23N3O3S/c30-26(28-19-23-13-7-8-17-27-23)22-12-9-14-24(18-22)29(20-21-10-3-1-4-11-21)33(31,32)25-15-5-2-6-16-25/h1-18H,19-20H2,(H,28,30). The lowest BCUT2D eigenvalue weighted by Gasteiger charge is -2.25. The van der Waals surface area contributed by atoms with E-state index in [1.807, 2.05) is 48.5 Å². The molecule has 0 saturated heterocycles. The molecule has 3 aromatic carbocycles. The summed E-state index contributed by atoms with van der Waals surface area (Å²) in [6, 6.07) is 29.8. The molecular weight excluding hydrogens is 434 g/mol. The SMILES string of the molecule is O=C(NCc1ccccn1)c1cccc(N(Cc2ccccc2)S(=O)(=O)c2ccccc2)c1. The van der Waals surface area contributed by atoms with Crippen molar-refractivity contribution in [3.05, 3.63) is 126 Å². The molecule has 6 nitrogen and oxygen atoms in total. The molecule has 1 heterocycles. The smallest absolute Gasteiger partial charge is 0.264 e. The van der Waals surface area contributed by atoms with Crippen LogP contribution < -0.4 is 9.62 Å². The van der Waals surface area contributed by atoms with Gasteiger partial charge in [-0.2, -0.15) is 0 Å². The highest BCUT2D eigenvalue weighted by Crippen LogP contribution is 2.27. The zero-order chi connectivity index (χ0) is 23.1. The van der Waals surface area contributed by atoms with E-state index in [9.17, 15) is 13.2 Å². The molecule has 1 amide bonds. The first-order valence-electron chi connectivity index (χ1n) is 10.4. The summed E-state index contributed by atoms with van der Waals surface area (Å²) in [5, 5.41) is 2.83. The Bertz CT molecular complexity index is 1310. The van der Waals surface area contributed by atoms with Gasteiger partial charge in [0.05, 0.1) is 29.4 Å². The highest BCUT2D eigenvalue weighted by atomic mass is 32.2. The lowest BCUT2D eigenvalue weighted by molar-refractivity contribution is 0.0950. The fourth-order valence-corrected chi connectivity index (χ4v) is 4.83. The fourth-order valence-electron chi connectivity index (χ4n) is 3.36. The van der Waals surface area contributed by atoms with E-state index in [0.29, 0.717) is 11.3 Å². The Morgan fingerprint density at radius 3 is 2.21 bits per heavy atom. The van der Waals surface area contributed by atoms with Crippen molar-refractivity contribution in [2.75, 3.05) is 4.31 Å². The first kappa shape index (κ1) is 22.2. The van der Waals surface area contributed by atoms with Gasteiger partial charge in [0, 0.05) is 11.8 Å². The van der Waals surface area contributed by atoms with Crippen LogP contribution in [0.1, 0.15) is 21.6 Å². The van der Waals surface area contributed by atoms with Crippen LogP contribution in [0, 0.1) is 0 Å². The van der Waals surface area contributed by atoms with Crippen LogP contribution in [0.15, 0.2) is 114 Å². The van der Waals surface area contributed by atoms with Crippen molar-refractivity contribution in [2.24, 2.45) is 0 Å². The summed E-state index contributed by atoms with van der Waals surface area (Å²) in [6.07, 6.45) is 1.66. The number of benzene rings is 3. The number of carbonyl (C=O) groups excluding carboxylic acids is 1. The average Bonchev–Trinajstić information content (AvgIpc) is 2.87. The number of nitrogens with zero attached hydrogens (tertiary/aromatic N) is 2. The fraction of sp³-hybridized carbons (Fsp3) is 0.0769. The van der Waals surface area contributed by atoms with Gasteiger partial charge in [0.2, 0.25) is 0 Å². The van der Waals surface area contributed by atoms with Crippen molar-refractivity contribution >= 4 is 21.6 Å². The molecule has 1 N–H and O–H groups in total. The van der Waals surface area contributed by atoms with Gasteiger partial charge in [-0.25, -0.2) is 8.42 Å². The topological polar surface area (TPSA) is 79.4 Å². The second-order valence-corrected chi connectivity index (χ2v) is 9.23. The maximum atomic E-state index is 13.5. The molecule has 0 spiro atoms. The van der Waals surface area contributed by atoms with Crippen LogP contribution in [-0.4, -0.2) is 19.3 Å². The van der Waals surface area contributed by atoms with Crippen molar-refractivity contribution in [3.63, 3.8) is 0 Å². The minimum Gasteiger partial charge on any atom is -0.346 e. The van der Waals surface area contributed by atoms with Gasteiger partial charge in [0.15, 0.2) is 0 Å². The number of rotatable bonds is 8. The average molecular weight is 458 g/mol. The molecule has 4 rings (SSSR count). The predicted molar refractivity (Wildman–Crippen MR) is 128 cm³/mol. The van der Waals surface area contributed by atoms with Crippen molar-refractivity contribution in [1.29, 1.82) is 0 Å². The largest absolute Gasteiger partial charge is 0.346 e. The Labute approximate surface area is 193 Å². The molecule has 0 aliphatic heterocycles. The quantitative estimate of drug-likeness (QED) is 0.425. The van der Waals surface area contributed by atoms with E-state index < -0.39 is 10.0 Å². The molecule has 0 unspecified atom stereocenters. The molecule has 0 saturated carbocycles. The Morgan fingerprint density at radius 2 is 1.52 bits per heavy atom. The molecule has 0 atom stereocenters. The summed E-state index contributed by atoms with van der Waals surface area (Å²) in [5.41, 5.74) is 2.35. The summed E-state index contributed by atoms with van der Waals surface area (Å²) >= 11 is 0. The van der Waals surface area contributed by atoms with Gasteiger partial charge in [0.1, 0.15) is 0 Å². The van der Waals surface area contributed by atoms with Crippen LogP contribution in [-0.2, 0) is 23.1 Å². The van der Waals surface area contributed by atoms with Crippen molar-refractivity contribution in [3.8, 4) is 0 Å². The Kier molecular flexibility index (Phi) is 6.80. The first-order chi connectivity index (χ1) is 16.0. The summed E-state index contributed by atoms with van der Waals surface area (Å²) in [6.45, 7) is 0.414. The van der Waals surface area contributed by atoms with Crippen LogP contribution >= 0.6 is 0 Å². The van der Waals surface area contributed by atoms with E-state index in [1.165, 1.54) is 4.31 Å². The third-order valence-corrected chi connectivity index (χ3v) is 6.84. The molecule has 0 radical (unpaired) electrons. The van der Waals surface area contributed by atoms with Crippen LogP contribution in [0.25, 0.3) is 0 Å². The zero-order valence-corrected chi connectivity index (χ0v) is 18.7. The molecule has 4 aromatic rings. The highest BCUT2D eigenvalue weighted by Gasteiger charge is 2.25. The van der Waals surface area contributed by atoms with Gasteiger partial charge in [-0.3, -0.25) is 14.1 Å². The van der Waals surface area contributed by atoms with Crippen molar-refractivity contribution in [2.45, 2.75) is 18.0 Å². The molecule has 166 valence electrons. The van der Waals surface area contributed by atoms with Crippen molar-refractivity contribution in [1.82, 2.24) is 10.3 Å². The number of aromatic nitrogens is 1. The maximum Gasteiger partial charge on any atom is 0.264 e. The second kappa shape index (κ2) is 10.1. The number of nitrogens with one attached hydrogen (secondary N) is 1. The highest BCUT2D eigenvalue weighted by molar-refractivity contribution is 7.92. The van der Waals surface area contributed by atoms with E-state index in [1.54, 1.807) is 60.8 Å². The summed E-state index contributed by atoms with van der Waals surface area (Å²) in [7, 11) is -3.86. The van der Waals surface area contributed by atoms with Gasteiger partial charge >= 0.3 is 0 Å². The zero-order valence-electron chi connectivity index (χ0n) is 17.8. The number of anilines is 1. The Balaban J connectivity index is 1.65. The maximum absolute atomic E-state index is 13.5. The van der Waals surface area contributed by atoms with Gasteiger partial charge in [-0.05, 0) is 48.0 Å². The van der Waals surface area contributed by atoms with Crippen LogP contribution in [0.4, 0.5) is 5.69 Å². The van der Waals surface area contributed by atoms with E-state index >= 15 is 0 Å². The predicted octanol–water partition coefficient (Wildman–Crippen LogP) is 4.41. The molecule has 0 bridgehead atoms. The van der Waals surface area contributed by atoms with E-state index in [4.69, 9.17) is 0 Å². The number of amides is 1. The van der Waals surface area contributed by atoms with Crippen LogP contribution in [0.5, 0.6) is 0 Å². The van der Waals surface area contributed by atoms with E-state index in [-0.39, 0.29) is 23.9 Å². The second-order valence-electron chi connectivity index (χ2n) is 7.36. The molecular formula is C26H23N3O3S. The Hall–Kier alpha value is -3.97. The summed E-state index contributed by atoms with van der Waals surface area (Å²) in [5.74, 6) is -0.306. The number of pyridine rings is 1. The monoisotopic (exact) mass is 457 g/mol. The molecule has 0 aliphatic carbocycles. The molecule has 33 heavy (non-hydrogen) atoms. The number of carbonyl (C=O) groups is 1. The number of sulfonamides is 1. The van der Waals surface area contributed by atoms with Gasteiger partial charge in [-0.1, -0.05) is 60.7 Å². The van der Waals surface area contributed by atoms with E-state index in [2.05, 4.69) is 10.3 Å². The normalized spacial score (nSPS) is 11.0. The third-order valence-electron chi connectivity index (χ3n) is 5.05. The Morgan fingerprint density at radius 1 is 0.818 bits per heavy atom. The van der Waals surface area contributed by atoms with Crippen LogP contribution in [0.2, 0.25) is 0 Å².